The van der Waals surface area contributed by atoms with Gasteiger partial charge in [-0.1, -0.05) is 57.5 Å². The Morgan fingerprint density at radius 1 is 1.00 bits per heavy atom. The lowest BCUT2D eigenvalue weighted by molar-refractivity contribution is 0.584. The van der Waals surface area contributed by atoms with E-state index in [2.05, 4.69) is 93.5 Å². The van der Waals surface area contributed by atoms with E-state index in [1.165, 1.54) is 15.4 Å². The van der Waals surface area contributed by atoms with Crippen molar-refractivity contribution in [3.05, 3.63) is 57.0 Å². The molecule has 2 aromatic carbocycles. The Bertz CT molecular complexity index is 567. The molecule has 4 heteroatoms. The minimum Gasteiger partial charge on any atom is -0.310 e. The number of benzene rings is 2. The molecule has 1 N–H and O–H groups in total. The molecule has 0 aliphatic heterocycles. The Morgan fingerprint density at radius 3 is 2.30 bits per heavy atom. The SMILES string of the molecule is CC(C)NCc1cc(Br)ccc1Sc1ccc(Br)cc1. The van der Waals surface area contributed by atoms with Crippen LogP contribution in [0.25, 0.3) is 0 Å². The van der Waals surface area contributed by atoms with E-state index in [1.54, 1.807) is 11.8 Å². The molecule has 0 bridgehead atoms. The van der Waals surface area contributed by atoms with Crippen LogP contribution < -0.4 is 5.32 Å². The molecule has 0 atom stereocenters. The fourth-order valence-electron chi connectivity index (χ4n) is 1.73. The van der Waals surface area contributed by atoms with E-state index in [4.69, 9.17) is 0 Å². The van der Waals surface area contributed by atoms with Gasteiger partial charge in [-0.3, -0.25) is 0 Å². The van der Waals surface area contributed by atoms with Crippen molar-refractivity contribution < 1.29 is 0 Å². The van der Waals surface area contributed by atoms with Crippen molar-refractivity contribution in [1.82, 2.24) is 5.32 Å². The smallest absolute Gasteiger partial charge is 0.0219 e. The van der Waals surface area contributed by atoms with Crippen LogP contribution >= 0.6 is 43.6 Å². The molecule has 0 radical (unpaired) electrons. The molecule has 0 aliphatic carbocycles. The molecule has 2 aromatic rings. The molecule has 0 unspecified atom stereocenters. The van der Waals surface area contributed by atoms with Gasteiger partial charge in [-0.2, -0.15) is 0 Å². The number of halogens is 2. The second kappa shape index (κ2) is 7.64. The summed E-state index contributed by atoms with van der Waals surface area (Å²) in [7, 11) is 0. The number of rotatable bonds is 5. The maximum atomic E-state index is 3.56. The van der Waals surface area contributed by atoms with Crippen LogP contribution in [0.1, 0.15) is 19.4 Å². The Hall–Kier alpha value is -0.290. The highest BCUT2D eigenvalue weighted by Crippen LogP contribution is 2.32. The van der Waals surface area contributed by atoms with Gasteiger partial charge in [0.05, 0.1) is 0 Å². The molecule has 0 aromatic heterocycles. The zero-order valence-electron chi connectivity index (χ0n) is 11.5. The predicted octanol–water partition coefficient (Wildman–Crippen LogP) is 5.86. The van der Waals surface area contributed by atoms with Crippen molar-refractivity contribution in [2.24, 2.45) is 0 Å². The van der Waals surface area contributed by atoms with Crippen molar-refractivity contribution in [3.8, 4) is 0 Å². The van der Waals surface area contributed by atoms with Gasteiger partial charge in [0.1, 0.15) is 0 Å². The molecule has 0 heterocycles. The van der Waals surface area contributed by atoms with E-state index in [1.807, 2.05) is 0 Å². The van der Waals surface area contributed by atoms with E-state index in [-0.39, 0.29) is 0 Å². The number of hydrogen-bond donors (Lipinski definition) is 1. The van der Waals surface area contributed by atoms with Crippen molar-refractivity contribution in [3.63, 3.8) is 0 Å². The third kappa shape index (κ3) is 4.92. The van der Waals surface area contributed by atoms with Crippen molar-refractivity contribution in [1.29, 1.82) is 0 Å². The van der Waals surface area contributed by atoms with E-state index in [0.717, 1.165) is 15.5 Å². The molecule has 1 nitrogen and oxygen atoms in total. The molecular formula is C16H17Br2NS. The van der Waals surface area contributed by atoms with Crippen LogP contribution in [0.15, 0.2) is 61.2 Å². The number of hydrogen-bond acceptors (Lipinski definition) is 2. The quantitative estimate of drug-likeness (QED) is 0.657. The van der Waals surface area contributed by atoms with Gasteiger partial charge >= 0.3 is 0 Å². The highest BCUT2D eigenvalue weighted by Gasteiger charge is 2.06. The van der Waals surface area contributed by atoms with Gasteiger partial charge in [0.25, 0.3) is 0 Å². The number of nitrogens with one attached hydrogen (secondary N) is 1. The highest BCUT2D eigenvalue weighted by atomic mass is 79.9. The Labute approximate surface area is 141 Å². The van der Waals surface area contributed by atoms with Gasteiger partial charge in [-0.25, -0.2) is 0 Å². The molecule has 0 amide bonds. The lowest BCUT2D eigenvalue weighted by atomic mass is 10.2. The van der Waals surface area contributed by atoms with Gasteiger partial charge in [-0.15, -0.1) is 0 Å². The largest absolute Gasteiger partial charge is 0.310 e. The van der Waals surface area contributed by atoms with Crippen LogP contribution in [-0.4, -0.2) is 6.04 Å². The standard InChI is InChI=1S/C16H17Br2NS/c1-11(2)19-10-12-9-14(18)5-8-16(12)20-15-6-3-13(17)4-7-15/h3-9,11,19H,10H2,1-2H3. The minimum absolute atomic E-state index is 0.486. The zero-order valence-corrected chi connectivity index (χ0v) is 15.5. The maximum Gasteiger partial charge on any atom is 0.0219 e. The summed E-state index contributed by atoms with van der Waals surface area (Å²) in [5, 5.41) is 3.48. The first-order chi connectivity index (χ1) is 9.54. The first-order valence-corrected chi connectivity index (χ1v) is 8.90. The third-order valence-electron chi connectivity index (χ3n) is 2.76. The van der Waals surface area contributed by atoms with Crippen LogP contribution in [0.2, 0.25) is 0 Å². The van der Waals surface area contributed by atoms with Gasteiger partial charge in [0.15, 0.2) is 0 Å². The van der Waals surface area contributed by atoms with E-state index in [0.29, 0.717) is 6.04 Å². The van der Waals surface area contributed by atoms with E-state index < -0.39 is 0 Å². The fourth-order valence-corrected chi connectivity index (χ4v) is 3.33. The summed E-state index contributed by atoms with van der Waals surface area (Å²) in [6.07, 6.45) is 0. The second-order valence-electron chi connectivity index (χ2n) is 4.84. The molecule has 20 heavy (non-hydrogen) atoms. The molecular weight excluding hydrogens is 398 g/mol. The van der Waals surface area contributed by atoms with Crippen LogP contribution in [0.4, 0.5) is 0 Å². The predicted molar refractivity (Wildman–Crippen MR) is 94.4 cm³/mol. The molecule has 0 spiro atoms. The third-order valence-corrected chi connectivity index (χ3v) is 4.91. The summed E-state index contributed by atoms with van der Waals surface area (Å²) >= 11 is 8.83. The van der Waals surface area contributed by atoms with Crippen LogP contribution in [0, 0.1) is 0 Å². The first-order valence-electron chi connectivity index (χ1n) is 6.50. The normalized spacial score (nSPS) is 11.1. The zero-order chi connectivity index (χ0) is 14.5. The molecule has 0 aliphatic rings. The van der Waals surface area contributed by atoms with E-state index in [9.17, 15) is 0 Å². The fraction of sp³-hybridized carbons (Fsp3) is 0.250. The first kappa shape index (κ1) is 16.1. The summed E-state index contributed by atoms with van der Waals surface area (Å²) in [6, 6.07) is 15.4. The summed E-state index contributed by atoms with van der Waals surface area (Å²) in [4.78, 5) is 2.55. The maximum absolute atomic E-state index is 3.56. The van der Waals surface area contributed by atoms with E-state index >= 15 is 0 Å². The molecule has 0 saturated carbocycles. The van der Waals surface area contributed by atoms with Crippen molar-refractivity contribution >= 4 is 43.6 Å². The van der Waals surface area contributed by atoms with Crippen molar-refractivity contribution in [2.45, 2.75) is 36.2 Å². The summed E-state index contributed by atoms with van der Waals surface area (Å²) in [6.45, 7) is 5.22. The summed E-state index contributed by atoms with van der Waals surface area (Å²) in [5.41, 5.74) is 1.32. The van der Waals surface area contributed by atoms with Gasteiger partial charge in [-0.05, 0) is 48.0 Å². The second-order valence-corrected chi connectivity index (χ2v) is 7.79. The molecule has 2 rings (SSSR count). The summed E-state index contributed by atoms with van der Waals surface area (Å²) < 4.78 is 2.23. The lowest BCUT2D eigenvalue weighted by Gasteiger charge is -2.13. The average molecular weight is 415 g/mol. The molecule has 0 fully saturated rings. The summed E-state index contributed by atoms with van der Waals surface area (Å²) in [5.74, 6) is 0. The van der Waals surface area contributed by atoms with Gasteiger partial charge in [0, 0.05) is 31.3 Å². The Balaban J connectivity index is 2.19. The van der Waals surface area contributed by atoms with Crippen LogP contribution in [0.3, 0.4) is 0 Å². The van der Waals surface area contributed by atoms with Crippen molar-refractivity contribution in [2.75, 3.05) is 0 Å². The average Bonchev–Trinajstić information content (AvgIpc) is 2.41. The Kier molecular flexibility index (Phi) is 6.15. The van der Waals surface area contributed by atoms with Crippen LogP contribution in [-0.2, 0) is 6.54 Å². The topological polar surface area (TPSA) is 12.0 Å². The monoisotopic (exact) mass is 413 g/mol. The Morgan fingerprint density at radius 2 is 1.65 bits per heavy atom. The van der Waals surface area contributed by atoms with Crippen LogP contribution in [0.5, 0.6) is 0 Å². The minimum atomic E-state index is 0.486. The van der Waals surface area contributed by atoms with Gasteiger partial charge < -0.3 is 5.32 Å². The molecule has 106 valence electrons. The van der Waals surface area contributed by atoms with Gasteiger partial charge in [0.2, 0.25) is 0 Å². The highest BCUT2D eigenvalue weighted by molar-refractivity contribution is 9.10. The lowest BCUT2D eigenvalue weighted by Crippen LogP contribution is -2.22. The molecule has 0 saturated heterocycles.